The second-order valence-corrected chi connectivity index (χ2v) is 7.57. The number of hydrogen-bond acceptors (Lipinski definition) is 6. The minimum atomic E-state index is -0.390. The number of amides is 2. The molecule has 0 saturated heterocycles. The van der Waals surface area contributed by atoms with Gasteiger partial charge >= 0.3 is 0 Å². The molecule has 9 heteroatoms. The predicted octanol–water partition coefficient (Wildman–Crippen LogP) is 2.00. The third-order valence-electron chi connectivity index (χ3n) is 3.86. The molecule has 0 aliphatic heterocycles. The van der Waals surface area contributed by atoms with Gasteiger partial charge < -0.3 is 10.3 Å². The average molecular weight is 401 g/mol. The Balaban J connectivity index is 2.12. The molecule has 0 radical (unpaired) electrons. The SMILES string of the molecule is CC(C)Cn1c(CCC(N)=O)nnc1SCC(=O)N(CC#N)c1ccccc1. The quantitative estimate of drug-likeness (QED) is 0.481. The summed E-state index contributed by atoms with van der Waals surface area (Å²) in [6.45, 7) is 4.80. The van der Waals surface area contributed by atoms with E-state index in [-0.39, 0.29) is 24.6 Å². The van der Waals surface area contributed by atoms with Gasteiger partial charge in [0.1, 0.15) is 12.4 Å². The van der Waals surface area contributed by atoms with Gasteiger partial charge in [-0.15, -0.1) is 10.2 Å². The van der Waals surface area contributed by atoms with E-state index in [1.54, 1.807) is 12.1 Å². The van der Waals surface area contributed by atoms with Crippen LogP contribution in [0.25, 0.3) is 0 Å². The van der Waals surface area contributed by atoms with E-state index in [0.29, 0.717) is 35.6 Å². The van der Waals surface area contributed by atoms with Gasteiger partial charge in [-0.1, -0.05) is 43.8 Å². The first kappa shape index (κ1) is 21.4. The summed E-state index contributed by atoms with van der Waals surface area (Å²) in [5.41, 5.74) is 5.92. The molecule has 0 bridgehead atoms. The van der Waals surface area contributed by atoms with Gasteiger partial charge in [0.25, 0.3) is 0 Å². The third-order valence-corrected chi connectivity index (χ3v) is 4.81. The molecule has 8 nitrogen and oxygen atoms in total. The first-order valence-electron chi connectivity index (χ1n) is 8.98. The summed E-state index contributed by atoms with van der Waals surface area (Å²) in [5, 5.41) is 18.0. The van der Waals surface area contributed by atoms with Crippen LogP contribution in [0.2, 0.25) is 0 Å². The van der Waals surface area contributed by atoms with Gasteiger partial charge in [-0.25, -0.2) is 0 Å². The van der Waals surface area contributed by atoms with Gasteiger partial charge in [0.05, 0.1) is 11.8 Å². The Morgan fingerprint density at radius 1 is 1.29 bits per heavy atom. The third kappa shape index (κ3) is 6.09. The van der Waals surface area contributed by atoms with E-state index < -0.39 is 5.91 Å². The summed E-state index contributed by atoms with van der Waals surface area (Å²) in [6, 6.07) is 11.1. The highest BCUT2D eigenvalue weighted by Gasteiger charge is 2.19. The number of nitriles is 1. The van der Waals surface area contributed by atoms with Gasteiger partial charge in [-0.2, -0.15) is 5.26 Å². The summed E-state index contributed by atoms with van der Waals surface area (Å²) in [7, 11) is 0. The molecule has 148 valence electrons. The number of nitrogens with two attached hydrogens (primary N) is 1. The van der Waals surface area contributed by atoms with Crippen LogP contribution < -0.4 is 10.6 Å². The van der Waals surface area contributed by atoms with Crippen molar-refractivity contribution in [1.82, 2.24) is 14.8 Å². The second kappa shape index (κ2) is 10.5. The van der Waals surface area contributed by atoms with Crippen molar-refractivity contribution in [3.8, 4) is 6.07 Å². The molecule has 0 unspecified atom stereocenters. The molecule has 2 aromatic rings. The Hall–Kier alpha value is -2.86. The lowest BCUT2D eigenvalue weighted by Gasteiger charge is -2.19. The monoisotopic (exact) mass is 400 g/mol. The maximum atomic E-state index is 12.7. The number of anilines is 1. The van der Waals surface area contributed by atoms with Gasteiger partial charge in [0, 0.05) is 25.1 Å². The molecule has 28 heavy (non-hydrogen) atoms. The predicted molar refractivity (Wildman–Crippen MR) is 108 cm³/mol. The van der Waals surface area contributed by atoms with Crippen LogP contribution in [0, 0.1) is 17.2 Å². The molecule has 0 aliphatic rings. The van der Waals surface area contributed by atoms with E-state index in [1.807, 2.05) is 28.8 Å². The summed E-state index contributed by atoms with van der Waals surface area (Å²) < 4.78 is 1.93. The standard InChI is InChI=1S/C19H24N6O2S/c1-14(2)12-25-17(9-8-16(21)26)22-23-19(25)28-13-18(27)24(11-10-20)15-6-4-3-5-7-15/h3-7,14H,8-9,11-13H2,1-2H3,(H2,21,26). The van der Waals surface area contributed by atoms with Gasteiger partial charge in [-0.05, 0) is 18.1 Å². The molecule has 2 N–H and O–H groups in total. The Bertz CT molecular complexity index is 844. The zero-order valence-corrected chi connectivity index (χ0v) is 16.9. The Labute approximate surface area is 168 Å². The van der Waals surface area contributed by atoms with E-state index >= 15 is 0 Å². The number of rotatable bonds is 10. The Morgan fingerprint density at radius 3 is 2.61 bits per heavy atom. The van der Waals surface area contributed by atoms with Crippen LogP contribution in [-0.2, 0) is 22.6 Å². The van der Waals surface area contributed by atoms with Crippen LogP contribution in [0.4, 0.5) is 5.69 Å². The number of carbonyl (C=O) groups is 2. The maximum absolute atomic E-state index is 12.7. The second-order valence-electron chi connectivity index (χ2n) is 6.63. The summed E-state index contributed by atoms with van der Waals surface area (Å²) >= 11 is 1.27. The van der Waals surface area contributed by atoms with E-state index in [4.69, 9.17) is 11.0 Å². The van der Waals surface area contributed by atoms with Crippen molar-refractivity contribution in [2.45, 2.75) is 38.4 Å². The fourth-order valence-corrected chi connectivity index (χ4v) is 3.44. The molecule has 2 rings (SSSR count). The zero-order chi connectivity index (χ0) is 20.5. The molecule has 0 atom stereocenters. The first-order chi connectivity index (χ1) is 13.4. The van der Waals surface area contributed by atoms with E-state index in [2.05, 4.69) is 24.0 Å². The number of hydrogen-bond donors (Lipinski definition) is 1. The number of thioether (sulfide) groups is 1. The topological polar surface area (TPSA) is 118 Å². The molecule has 1 aromatic heterocycles. The molecule has 0 fully saturated rings. The largest absolute Gasteiger partial charge is 0.370 e. The molecule has 0 aliphatic carbocycles. The summed E-state index contributed by atoms with van der Waals surface area (Å²) in [4.78, 5) is 25.2. The molecule has 1 aromatic carbocycles. The van der Waals surface area contributed by atoms with Crippen LogP contribution in [0.3, 0.4) is 0 Å². The fourth-order valence-electron chi connectivity index (χ4n) is 2.60. The van der Waals surface area contributed by atoms with Gasteiger partial charge in [0.2, 0.25) is 11.8 Å². The summed E-state index contributed by atoms with van der Waals surface area (Å²) in [6.07, 6.45) is 0.609. The Kier molecular flexibility index (Phi) is 8.02. The lowest BCUT2D eigenvalue weighted by Crippen LogP contribution is -2.32. The highest BCUT2D eigenvalue weighted by molar-refractivity contribution is 7.99. The molecule has 1 heterocycles. The van der Waals surface area contributed by atoms with Gasteiger partial charge in [-0.3, -0.25) is 14.5 Å². The van der Waals surface area contributed by atoms with Crippen LogP contribution in [0.1, 0.15) is 26.1 Å². The zero-order valence-electron chi connectivity index (χ0n) is 16.0. The highest BCUT2D eigenvalue weighted by Crippen LogP contribution is 2.21. The minimum absolute atomic E-state index is 0.0219. The molecule has 2 amide bonds. The maximum Gasteiger partial charge on any atom is 0.238 e. The smallest absolute Gasteiger partial charge is 0.238 e. The fraction of sp³-hybridized carbons (Fsp3) is 0.421. The van der Waals surface area contributed by atoms with E-state index in [0.717, 1.165) is 0 Å². The van der Waals surface area contributed by atoms with E-state index in [9.17, 15) is 9.59 Å². The number of para-hydroxylation sites is 1. The highest BCUT2D eigenvalue weighted by atomic mass is 32.2. The number of nitrogens with zero attached hydrogens (tertiary/aromatic N) is 5. The van der Waals surface area contributed by atoms with Crippen molar-refractivity contribution in [2.24, 2.45) is 11.7 Å². The lowest BCUT2D eigenvalue weighted by molar-refractivity contribution is -0.118. The number of benzene rings is 1. The van der Waals surface area contributed by atoms with Crippen molar-refractivity contribution < 1.29 is 9.59 Å². The van der Waals surface area contributed by atoms with Crippen molar-refractivity contribution >= 4 is 29.3 Å². The molecular formula is C19H24N6O2S. The molecule has 0 saturated carbocycles. The number of primary amides is 1. The lowest BCUT2D eigenvalue weighted by atomic mass is 10.2. The van der Waals surface area contributed by atoms with E-state index in [1.165, 1.54) is 16.7 Å². The van der Waals surface area contributed by atoms with Crippen molar-refractivity contribution in [1.29, 1.82) is 5.26 Å². The Morgan fingerprint density at radius 2 is 2.00 bits per heavy atom. The normalized spacial score (nSPS) is 10.6. The van der Waals surface area contributed by atoms with Crippen LogP contribution >= 0.6 is 11.8 Å². The first-order valence-corrected chi connectivity index (χ1v) is 9.96. The summed E-state index contributed by atoms with van der Waals surface area (Å²) in [5.74, 6) is 0.578. The van der Waals surface area contributed by atoms with Crippen molar-refractivity contribution in [3.63, 3.8) is 0 Å². The number of carbonyl (C=O) groups excluding carboxylic acids is 2. The molecule has 0 spiro atoms. The molecular weight excluding hydrogens is 376 g/mol. The van der Waals surface area contributed by atoms with Crippen LogP contribution in [0.5, 0.6) is 0 Å². The van der Waals surface area contributed by atoms with Crippen molar-refractivity contribution in [2.75, 3.05) is 17.2 Å². The van der Waals surface area contributed by atoms with Crippen molar-refractivity contribution in [3.05, 3.63) is 36.2 Å². The minimum Gasteiger partial charge on any atom is -0.370 e. The number of aryl methyl sites for hydroxylation is 1. The average Bonchev–Trinajstić information content (AvgIpc) is 3.04. The van der Waals surface area contributed by atoms with Crippen LogP contribution in [0.15, 0.2) is 35.5 Å². The van der Waals surface area contributed by atoms with Crippen LogP contribution in [-0.4, -0.2) is 38.9 Å². The van der Waals surface area contributed by atoms with Gasteiger partial charge in [0.15, 0.2) is 5.16 Å². The number of aromatic nitrogens is 3.